The summed E-state index contributed by atoms with van der Waals surface area (Å²) in [5, 5.41) is 3.39. The maximum absolute atomic E-state index is 11.7. The van der Waals surface area contributed by atoms with Crippen molar-refractivity contribution in [2.24, 2.45) is 0 Å². The summed E-state index contributed by atoms with van der Waals surface area (Å²) in [4.78, 5) is 13.6. The fourth-order valence-electron chi connectivity index (χ4n) is 1.87. The van der Waals surface area contributed by atoms with E-state index in [2.05, 4.69) is 25.1 Å². The predicted molar refractivity (Wildman–Crippen MR) is 56.7 cm³/mol. The fourth-order valence-corrected chi connectivity index (χ4v) is 1.87. The van der Waals surface area contributed by atoms with Crippen molar-refractivity contribution in [3.05, 3.63) is 0 Å². The van der Waals surface area contributed by atoms with E-state index in [9.17, 15) is 4.79 Å². The lowest BCUT2D eigenvalue weighted by Crippen LogP contribution is -2.55. The molecule has 3 heteroatoms. The highest BCUT2D eigenvalue weighted by molar-refractivity contribution is 5.76. The van der Waals surface area contributed by atoms with Crippen molar-refractivity contribution in [1.29, 1.82) is 0 Å². The van der Waals surface area contributed by atoms with E-state index in [1.54, 1.807) is 0 Å². The molecular weight excluding hydrogens is 176 g/mol. The van der Waals surface area contributed by atoms with Gasteiger partial charge in [-0.1, -0.05) is 0 Å². The third-order valence-corrected chi connectivity index (χ3v) is 2.39. The van der Waals surface area contributed by atoms with E-state index >= 15 is 0 Å². The molecule has 2 unspecified atom stereocenters. The Labute approximate surface area is 85.9 Å². The van der Waals surface area contributed by atoms with Crippen LogP contribution in [0.5, 0.6) is 0 Å². The van der Waals surface area contributed by atoms with Gasteiger partial charge >= 0.3 is 0 Å². The van der Waals surface area contributed by atoms with Gasteiger partial charge in [0.05, 0.1) is 0 Å². The van der Waals surface area contributed by atoms with Crippen LogP contribution in [-0.4, -0.2) is 36.0 Å². The molecule has 0 aromatic carbocycles. The number of nitrogens with one attached hydrogen (secondary N) is 1. The van der Waals surface area contributed by atoms with Gasteiger partial charge in [0.2, 0.25) is 5.91 Å². The number of carbonyl (C=O) groups is 1. The van der Waals surface area contributed by atoms with Crippen molar-refractivity contribution < 1.29 is 4.79 Å². The smallest absolute Gasteiger partial charge is 0.223 e. The number of carbonyl (C=O) groups excluding carboxylic acids is 1. The first kappa shape index (κ1) is 11.1. The highest BCUT2D eigenvalue weighted by atomic mass is 16.2. The third-order valence-electron chi connectivity index (χ3n) is 2.39. The minimum Gasteiger partial charge on any atom is -0.340 e. The summed E-state index contributed by atoms with van der Waals surface area (Å²) in [6, 6.07) is 0.766. The molecule has 1 saturated heterocycles. The zero-order chi connectivity index (χ0) is 10.6. The Morgan fingerprint density at radius 3 is 2.57 bits per heavy atom. The Bertz CT molecular complexity index is 234. The van der Waals surface area contributed by atoms with Crippen LogP contribution in [-0.2, 0) is 4.79 Å². The standard InChI is InChI=1S/C11H18N2O/c1-4-5-6-11(14)13-7-9(2)12-10(3)8-13/h1,9-10,12H,5-8H2,2-3H3. The second kappa shape index (κ2) is 5.02. The van der Waals surface area contributed by atoms with Gasteiger partial charge in [0.25, 0.3) is 0 Å². The van der Waals surface area contributed by atoms with E-state index in [1.165, 1.54) is 0 Å². The molecule has 78 valence electrons. The van der Waals surface area contributed by atoms with Crippen molar-refractivity contribution in [3.8, 4) is 12.3 Å². The van der Waals surface area contributed by atoms with Crippen molar-refractivity contribution in [1.82, 2.24) is 10.2 Å². The number of rotatable bonds is 2. The summed E-state index contributed by atoms with van der Waals surface area (Å²) >= 11 is 0. The van der Waals surface area contributed by atoms with Gasteiger partial charge in [-0.3, -0.25) is 4.79 Å². The van der Waals surface area contributed by atoms with Crippen molar-refractivity contribution in [2.45, 2.75) is 38.8 Å². The average Bonchev–Trinajstić information content (AvgIpc) is 2.12. The number of hydrogen-bond acceptors (Lipinski definition) is 2. The molecule has 0 aromatic heterocycles. The van der Waals surface area contributed by atoms with Crippen LogP contribution >= 0.6 is 0 Å². The quantitative estimate of drug-likeness (QED) is 0.653. The molecule has 0 radical (unpaired) electrons. The van der Waals surface area contributed by atoms with Gasteiger partial charge in [-0.25, -0.2) is 0 Å². The van der Waals surface area contributed by atoms with Gasteiger partial charge in [0, 0.05) is 38.0 Å². The molecule has 14 heavy (non-hydrogen) atoms. The van der Waals surface area contributed by atoms with Crippen molar-refractivity contribution in [3.63, 3.8) is 0 Å². The average molecular weight is 194 g/mol. The largest absolute Gasteiger partial charge is 0.340 e. The second-order valence-corrected chi connectivity index (χ2v) is 3.97. The summed E-state index contributed by atoms with van der Waals surface area (Å²) in [6.45, 7) is 5.79. The molecule has 1 N–H and O–H groups in total. The molecule has 1 rings (SSSR count). The molecule has 1 aliphatic heterocycles. The first-order valence-electron chi connectivity index (χ1n) is 5.10. The van der Waals surface area contributed by atoms with Gasteiger partial charge in [0.15, 0.2) is 0 Å². The van der Waals surface area contributed by atoms with E-state index in [0.717, 1.165) is 13.1 Å². The molecule has 0 aromatic rings. The summed E-state index contributed by atoms with van der Waals surface area (Å²) in [5.41, 5.74) is 0. The van der Waals surface area contributed by atoms with Gasteiger partial charge < -0.3 is 10.2 Å². The number of terminal acetylenes is 1. The molecule has 1 aliphatic rings. The lowest BCUT2D eigenvalue weighted by molar-refractivity contribution is -0.132. The zero-order valence-corrected chi connectivity index (χ0v) is 8.92. The van der Waals surface area contributed by atoms with Gasteiger partial charge in [-0.05, 0) is 13.8 Å². The van der Waals surface area contributed by atoms with E-state index in [0.29, 0.717) is 24.9 Å². The molecular formula is C11H18N2O. The Kier molecular flexibility index (Phi) is 3.97. The molecule has 3 nitrogen and oxygen atoms in total. The first-order chi connectivity index (χ1) is 6.63. The van der Waals surface area contributed by atoms with E-state index < -0.39 is 0 Å². The van der Waals surface area contributed by atoms with E-state index in [4.69, 9.17) is 6.42 Å². The zero-order valence-electron chi connectivity index (χ0n) is 8.92. The maximum Gasteiger partial charge on any atom is 0.223 e. The molecule has 0 bridgehead atoms. The molecule has 1 heterocycles. The Morgan fingerprint density at radius 2 is 2.07 bits per heavy atom. The topological polar surface area (TPSA) is 32.3 Å². The van der Waals surface area contributed by atoms with Crippen molar-refractivity contribution >= 4 is 5.91 Å². The Morgan fingerprint density at radius 1 is 1.50 bits per heavy atom. The number of amides is 1. The molecule has 0 saturated carbocycles. The fraction of sp³-hybridized carbons (Fsp3) is 0.727. The molecule has 1 fully saturated rings. The Hall–Kier alpha value is -1.01. The minimum absolute atomic E-state index is 0.183. The highest BCUT2D eigenvalue weighted by Crippen LogP contribution is 2.06. The molecule has 0 spiro atoms. The maximum atomic E-state index is 11.7. The lowest BCUT2D eigenvalue weighted by atomic mass is 10.1. The summed E-state index contributed by atoms with van der Waals surface area (Å²) in [7, 11) is 0. The number of hydrogen-bond donors (Lipinski definition) is 1. The van der Waals surface area contributed by atoms with Gasteiger partial charge in [0.1, 0.15) is 0 Å². The first-order valence-corrected chi connectivity index (χ1v) is 5.10. The SMILES string of the molecule is C#CCCC(=O)N1CC(C)NC(C)C1. The van der Waals surface area contributed by atoms with Crippen LogP contribution in [0, 0.1) is 12.3 Å². The van der Waals surface area contributed by atoms with Crippen molar-refractivity contribution in [2.75, 3.05) is 13.1 Å². The van der Waals surface area contributed by atoms with Gasteiger partial charge in [-0.2, -0.15) is 0 Å². The summed E-state index contributed by atoms with van der Waals surface area (Å²) in [5.74, 6) is 2.68. The predicted octanol–water partition coefficient (Wildman–Crippen LogP) is 0.609. The van der Waals surface area contributed by atoms with Gasteiger partial charge in [-0.15, -0.1) is 12.3 Å². The number of piperazine rings is 1. The van der Waals surface area contributed by atoms with Crippen LogP contribution in [0.1, 0.15) is 26.7 Å². The Balaban J connectivity index is 2.43. The van der Waals surface area contributed by atoms with E-state index in [1.807, 2.05) is 4.90 Å². The number of nitrogens with zero attached hydrogens (tertiary/aromatic N) is 1. The molecule has 1 amide bonds. The third kappa shape index (κ3) is 3.04. The monoisotopic (exact) mass is 194 g/mol. The van der Waals surface area contributed by atoms with Crippen LogP contribution < -0.4 is 5.32 Å². The van der Waals surface area contributed by atoms with Crippen LogP contribution in [0.3, 0.4) is 0 Å². The summed E-state index contributed by atoms with van der Waals surface area (Å²) < 4.78 is 0. The van der Waals surface area contributed by atoms with Crippen LogP contribution in [0.25, 0.3) is 0 Å². The van der Waals surface area contributed by atoms with Crippen LogP contribution in [0.15, 0.2) is 0 Å². The molecule has 0 aliphatic carbocycles. The van der Waals surface area contributed by atoms with E-state index in [-0.39, 0.29) is 5.91 Å². The van der Waals surface area contributed by atoms with Crippen LogP contribution in [0.2, 0.25) is 0 Å². The molecule has 2 atom stereocenters. The highest BCUT2D eigenvalue weighted by Gasteiger charge is 2.23. The lowest BCUT2D eigenvalue weighted by Gasteiger charge is -2.36. The second-order valence-electron chi connectivity index (χ2n) is 3.97. The van der Waals surface area contributed by atoms with Crippen LogP contribution in [0.4, 0.5) is 0 Å². The normalized spacial score (nSPS) is 27.1. The summed E-state index contributed by atoms with van der Waals surface area (Å²) in [6.07, 6.45) is 6.16. The minimum atomic E-state index is 0.183.